The number of para-hydroxylation sites is 3. The molecular weight excluding hydrogens is 1070 g/mol. The third kappa shape index (κ3) is 7.36. The van der Waals surface area contributed by atoms with Gasteiger partial charge in [0.15, 0.2) is 16.1 Å². The highest BCUT2D eigenvalue weighted by atomic mass is 28.3. The molecule has 412 valence electrons. The second-order valence-electron chi connectivity index (χ2n) is 25.4. The Kier molecular flexibility index (Phi) is 11.8. The Balaban J connectivity index is 0.908. The SMILES string of the molecule is C[C@H]1CC2C[C@@]3(C1)C[C@H]3C21c2ccccc2N(c2cccc(-c3ccccc3-n3c4ccc([Si](c5ccccc5)(c5ccccc5)c5ccccc5)cc4c4cc([Si](c5ccccc5)(c5ccccc5)c5ccccc5)ccc43)c2)c2ccccc21. The summed E-state index contributed by atoms with van der Waals surface area (Å²) in [7, 11) is -5.89. The topological polar surface area (TPSA) is 8.17 Å². The summed E-state index contributed by atoms with van der Waals surface area (Å²) in [6, 6.07) is 121. The Bertz CT molecular complexity index is 4270. The summed E-state index contributed by atoms with van der Waals surface area (Å²) in [4.78, 5) is 2.61. The van der Waals surface area contributed by atoms with Gasteiger partial charge in [-0.25, -0.2) is 0 Å². The summed E-state index contributed by atoms with van der Waals surface area (Å²) in [5.74, 6) is 2.13. The van der Waals surface area contributed by atoms with Crippen LogP contribution in [-0.4, -0.2) is 20.7 Å². The van der Waals surface area contributed by atoms with E-state index in [4.69, 9.17) is 0 Å². The molecule has 1 unspecified atom stereocenters. The van der Waals surface area contributed by atoms with E-state index < -0.39 is 16.1 Å². The Hall–Kier alpha value is -9.33. The zero-order valence-corrected chi connectivity index (χ0v) is 50.5. The van der Waals surface area contributed by atoms with Crippen LogP contribution in [0.2, 0.25) is 0 Å². The van der Waals surface area contributed by atoms with Crippen molar-refractivity contribution >= 4 is 96.5 Å². The van der Waals surface area contributed by atoms with Crippen LogP contribution in [0.15, 0.2) is 315 Å². The zero-order valence-electron chi connectivity index (χ0n) is 48.5. The Morgan fingerprint density at radius 3 is 1.21 bits per heavy atom. The fraction of sp³-hybridized carbons (Fsp3) is 0.122. The monoisotopic (exact) mass is 1130 g/mol. The van der Waals surface area contributed by atoms with Crippen LogP contribution in [-0.2, 0) is 5.41 Å². The molecule has 2 heterocycles. The maximum Gasteiger partial charge on any atom is 0.179 e. The van der Waals surface area contributed by atoms with E-state index in [1.807, 2.05) is 0 Å². The summed E-state index contributed by atoms with van der Waals surface area (Å²) < 4.78 is 2.59. The summed E-state index contributed by atoms with van der Waals surface area (Å²) in [5, 5.41) is 13.4. The number of nitrogens with zero attached hydrogens (tertiary/aromatic N) is 2. The van der Waals surface area contributed by atoms with Crippen LogP contribution in [0.3, 0.4) is 0 Å². The van der Waals surface area contributed by atoms with Crippen molar-refractivity contribution in [3.05, 3.63) is 327 Å². The molecule has 3 saturated carbocycles. The summed E-state index contributed by atoms with van der Waals surface area (Å²) in [6.07, 6.45) is 5.42. The first-order valence-electron chi connectivity index (χ1n) is 31.1. The van der Waals surface area contributed by atoms with Gasteiger partial charge in [-0.3, -0.25) is 0 Å². The van der Waals surface area contributed by atoms with E-state index >= 15 is 0 Å². The van der Waals surface area contributed by atoms with Crippen LogP contribution < -0.4 is 46.4 Å². The summed E-state index contributed by atoms with van der Waals surface area (Å²) in [5.41, 5.74) is 13.4. The number of aromatic nitrogens is 1. The molecule has 2 spiro atoms. The molecule has 4 aliphatic rings. The largest absolute Gasteiger partial charge is 0.310 e. The van der Waals surface area contributed by atoms with E-state index in [1.165, 1.54) is 128 Å². The predicted octanol–water partition coefficient (Wildman–Crippen LogP) is 14.7. The molecule has 0 amide bonds. The van der Waals surface area contributed by atoms with Crippen LogP contribution in [0, 0.1) is 23.2 Å². The van der Waals surface area contributed by atoms with E-state index in [0.717, 1.165) is 11.6 Å². The lowest BCUT2D eigenvalue weighted by Crippen LogP contribution is -2.74. The number of hydrogen-bond donors (Lipinski definition) is 0. The molecule has 0 radical (unpaired) electrons. The molecule has 4 heteroatoms. The normalized spacial score (nSPS) is 19.0. The van der Waals surface area contributed by atoms with E-state index in [1.54, 1.807) is 0 Å². The van der Waals surface area contributed by atoms with Crippen molar-refractivity contribution < 1.29 is 0 Å². The Morgan fingerprint density at radius 2 is 0.756 bits per heavy atom. The minimum atomic E-state index is -2.95. The van der Waals surface area contributed by atoms with E-state index in [0.29, 0.717) is 17.3 Å². The summed E-state index contributed by atoms with van der Waals surface area (Å²) in [6.45, 7) is 2.53. The first-order valence-corrected chi connectivity index (χ1v) is 35.1. The highest BCUT2D eigenvalue weighted by molar-refractivity contribution is 7.20. The summed E-state index contributed by atoms with van der Waals surface area (Å²) >= 11 is 0. The number of hydrogen-bond acceptors (Lipinski definition) is 1. The van der Waals surface area contributed by atoms with Gasteiger partial charge < -0.3 is 9.47 Å². The second-order valence-corrected chi connectivity index (χ2v) is 33.0. The number of anilines is 3. The van der Waals surface area contributed by atoms with Crippen LogP contribution in [0.25, 0.3) is 38.6 Å². The highest BCUT2D eigenvalue weighted by Crippen LogP contribution is 2.82. The van der Waals surface area contributed by atoms with Crippen molar-refractivity contribution in [2.75, 3.05) is 4.90 Å². The third-order valence-electron chi connectivity index (χ3n) is 21.1. The maximum atomic E-state index is 2.61. The number of rotatable bonds is 11. The molecule has 13 aromatic rings. The number of fused-ring (bicyclic) bond motifs is 10. The van der Waals surface area contributed by atoms with Crippen molar-refractivity contribution in [2.24, 2.45) is 23.2 Å². The van der Waals surface area contributed by atoms with Crippen molar-refractivity contribution in [3.8, 4) is 16.8 Å². The smallest absolute Gasteiger partial charge is 0.179 e. The molecule has 1 aliphatic heterocycles. The van der Waals surface area contributed by atoms with Crippen LogP contribution >= 0.6 is 0 Å². The minimum Gasteiger partial charge on any atom is -0.310 e. The molecule has 0 saturated heterocycles. The van der Waals surface area contributed by atoms with Gasteiger partial charge in [-0.15, -0.1) is 0 Å². The van der Waals surface area contributed by atoms with E-state index in [-0.39, 0.29) is 5.41 Å². The van der Waals surface area contributed by atoms with E-state index in [2.05, 4.69) is 332 Å². The maximum absolute atomic E-state index is 2.95. The fourth-order valence-corrected chi connectivity index (χ4v) is 27.5. The molecule has 86 heavy (non-hydrogen) atoms. The highest BCUT2D eigenvalue weighted by Gasteiger charge is 2.75. The Morgan fingerprint density at radius 1 is 0.349 bits per heavy atom. The lowest BCUT2D eigenvalue weighted by Gasteiger charge is -2.49. The van der Waals surface area contributed by atoms with Gasteiger partial charge in [-0.1, -0.05) is 280 Å². The average molecular weight is 1140 g/mol. The lowest BCUT2D eigenvalue weighted by molar-refractivity contribution is 0.200. The van der Waals surface area contributed by atoms with Crippen molar-refractivity contribution in [1.82, 2.24) is 4.57 Å². The van der Waals surface area contributed by atoms with Gasteiger partial charge in [0.25, 0.3) is 0 Å². The van der Waals surface area contributed by atoms with Gasteiger partial charge in [-0.05, 0) is 150 Å². The molecule has 12 aromatic carbocycles. The minimum absolute atomic E-state index is 0.0474. The van der Waals surface area contributed by atoms with Gasteiger partial charge in [0, 0.05) is 27.4 Å². The first-order chi connectivity index (χ1) is 42.5. The molecular formula is C82H66N2Si2. The van der Waals surface area contributed by atoms with Crippen molar-refractivity contribution in [3.63, 3.8) is 0 Å². The first kappa shape index (κ1) is 51.1. The molecule has 0 N–H and O–H groups in total. The van der Waals surface area contributed by atoms with Crippen LogP contribution in [0.4, 0.5) is 17.1 Å². The van der Waals surface area contributed by atoms with Crippen LogP contribution in [0.5, 0.6) is 0 Å². The van der Waals surface area contributed by atoms with E-state index in [9.17, 15) is 0 Å². The molecule has 2 bridgehead atoms. The fourth-order valence-electron chi connectivity index (χ4n) is 18.0. The number of benzene rings is 12. The third-order valence-corrected chi connectivity index (χ3v) is 30.6. The van der Waals surface area contributed by atoms with Crippen molar-refractivity contribution in [2.45, 2.75) is 38.0 Å². The standard InChI is InChI=1S/C82H66N2Si2/c1-58-51-60-56-81(55-58)57-80(81)82(60)73-42-21-24-45-78(73)83(79-46-25-22-43-74(79)82)61-28-26-27-59(52-61)70-41-20-23-44-75(70)84-76-49-47-68(85(62-29-8-2-9-30-62,63-31-10-3-11-32-63)64-33-12-4-13-34-64)53-71(76)72-54-69(48-50-77(72)84)86(65-35-14-5-15-36-65,66-37-16-6-17-38-66)67-39-18-7-19-40-67/h2-50,52-54,58,60,80H,51,55-57H2,1H3/t58-,60?,80+,81-/m0/s1. The molecule has 4 atom stereocenters. The zero-order chi connectivity index (χ0) is 57.0. The van der Waals surface area contributed by atoms with Crippen molar-refractivity contribution in [1.29, 1.82) is 0 Å². The van der Waals surface area contributed by atoms with Gasteiger partial charge in [0.05, 0.1) is 28.1 Å². The average Bonchev–Trinajstić information content (AvgIpc) is 1.48. The quantitative estimate of drug-likeness (QED) is 0.0926. The van der Waals surface area contributed by atoms with Crippen LogP contribution in [0.1, 0.15) is 43.7 Å². The Labute approximate surface area is 507 Å². The van der Waals surface area contributed by atoms with Gasteiger partial charge in [0.2, 0.25) is 0 Å². The lowest BCUT2D eigenvalue weighted by atomic mass is 9.60. The molecule has 2 nitrogen and oxygen atoms in total. The van der Waals surface area contributed by atoms with Gasteiger partial charge in [0.1, 0.15) is 0 Å². The molecule has 3 fully saturated rings. The second kappa shape index (κ2) is 19.9. The molecule has 1 aromatic heterocycles. The van der Waals surface area contributed by atoms with Gasteiger partial charge in [-0.2, -0.15) is 0 Å². The molecule has 17 rings (SSSR count). The molecule has 3 aliphatic carbocycles. The van der Waals surface area contributed by atoms with Gasteiger partial charge >= 0.3 is 0 Å². The predicted molar refractivity (Wildman–Crippen MR) is 366 cm³/mol.